The molecule has 6 nitrogen and oxygen atoms in total. The maximum atomic E-state index is 13.6. The molecule has 3 aromatic carbocycles. The molecular formula is C30H27ClFN3O3. The lowest BCUT2D eigenvalue weighted by molar-refractivity contribution is -0.142. The number of hydrogen-bond donors (Lipinski definition) is 1. The van der Waals surface area contributed by atoms with Gasteiger partial charge in [0.25, 0.3) is 5.91 Å². The SMILES string of the molecule is O=C(NCc1cccnc1)[C@@H](Cc1ccccc1)N(Cc1ccc(F)cc1)C(=O)COc1ccccc1Cl. The molecule has 0 aliphatic heterocycles. The second kappa shape index (κ2) is 13.4. The fourth-order valence-electron chi connectivity index (χ4n) is 3.93. The summed E-state index contributed by atoms with van der Waals surface area (Å²) in [6.45, 7) is 0.0155. The van der Waals surface area contributed by atoms with E-state index in [1.165, 1.54) is 17.0 Å². The quantitative estimate of drug-likeness (QED) is 0.288. The van der Waals surface area contributed by atoms with Crippen LogP contribution in [0.1, 0.15) is 16.7 Å². The molecule has 2 amide bonds. The van der Waals surface area contributed by atoms with Crippen LogP contribution in [0, 0.1) is 5.82 Å². The van der Waals surface area contributed by atoms with Gasteiger partial charge in [-0.05, 0) is 47.0 Å². The first-order valence-electron chi connectivity index (χ1n) is 12.1. The standard InChI is InChI=1S/C30H27ClFN3O3/c31-26-10-4-5-11-28(26)38-21-29(36)35(20-23-12-14-25(32)15-13-23)27(17-22-7-2-1-3-8-22)30(37)34-19-24-9-6-16-33-18-24/h1-16,18,27H,17,19-21H2,(H,34,37)/t27-/m1/s1. The predicted molar refractivity (Wildman–Crippen MR) is 144 cm³/mol. The largest absolute Gasteiger partial charge is 0.482 e. The number of pyridine rings is 1. The summed E-state index contributed by atoms with van der Waals surface area (Å²) in [5.74, 6) is -0.758. The Hall–Kier alpha value is -4.23. The minimum atomic E-state index is -0.860. The van der Waals surface area contributed by atoms with Crippen molar-refractivity contribution in [2.24, 2.45) is 0 Å². The first-order chi connectivity index (χ1) is 18.5. The summed E-state index contributed by atoms with van der Waals surface area (Å²) in [4.78, 5) is 32.8. The van der Waals surface area contributed by atoms with Gasteiger partial charge < -0.3 is 15.0 Å². The van der Waals surface area contributed by atoms with Crippen molar-refractivity contribution >= 4 is 23.4 Å². The number of amides is 2. The molecule has 1 atom stereocenters. The molecule has 0 saturated heterocycles. The number of nitrogens with one attached hydrogen (secondary N) is 1. The normalized spacial score (nSPS) is 11.4. The van der Waals surface area contributed by atoms with E-state index in [0.717, 1.165) is 11.1 Å². The third kappa shape index (κ3) is 7.63. The molecule has 0 unspecified atom stereocenters. The molecule has 194 valence electrons. The molecule has 1 N–H and O–H groups in total. The third-order valence-corrected chi connectivity index (χ3v) is 6.23. The summed E-state index contributed by atoms with van der Waals surface area (Å²) in [7, 11) is 0. The fraction of sp³-hybridized carbons (Fsp3) is 0.167. The van der Waals surface area contributed by atoms with Crippen LogP contribution in [-0.2, 0) is 29.1 Å². The lowest BCUT2D eigenvalue weighted by Gasteiger charge is -2.31. The molecule has 1 heterocycles. The van der Waals surface area contributed by atoms with E-state index in [0.29, 0.717) is 16.3 Å². The Kier molecular flexibility index (Phi) is 9.43. The monoisotopic (exact) mass is 531 g/mol. The number of aromatic nitrogens is 1. The van der Waals surface area contributed by atoms with Crippen molar-refractivity contribution in [3.63, 3.8) is 0 Å². The molecule has 0 fully saturated rings. The predicted octanol–water partition coefficient (Wildman–Crippen LogP) is 5.21. The highest BCUT2D eigenvalue weighted by molar-refractivity contribution is 6.32. The van der Waals surface area contributed by atoms with Crippen LogP contribution < -0.4 is 10.1 Å². The van der Waals surface area contributed by atoms with Gasteiger partial charge in [0.05, 0.1) is 5.02 Å². The number of hydrogen-bond acceptors (Lipinski definition) is 4. The van der Waals surface area contributed by atoms with Gasteiger partial charge in [0.15, 0.2) is 6.61 Å². The fourth-order valence-corrected chi connectivity index (χ4v) is 4.12. The second-order valence-corrected chi connectivity index (χ2v) is 9.06. The highest BCUT2D eigenvalue weighted by Crippen LogP contribution is 2.23. The van der Waals surface area contributed by atoms with E-state index in [4.69, 9.17) is 16.3 Å². The highest BCUT2D eigenvalue weighted by Gasteiger charge is 2.30. The molecule has 0 saturated carbocycles. The minimum Gasteiger partial charge on any atom is -0.482 e. The Bertz CT molecular complexity index is 1340. The van der Waals surface area contributed by atoms with Gasteiger partial charge in [-0.2, -0.15) is 0 Å². The van der Waals surface area contributed by atoms with Gasteiger partial charge in [-0.3, -0.25) is 14.6 Å². The van der Waals surface area contributed by atoms with Crippen LogP contribution in [0.4, 0.5) is 4.39 Å². The van der Waals surface area contributed by atoms with Crippen molar-refractivity contribution in [1.82, 2.24) is 15.2 Å². The molecule has 0 aliphatic carbocycles. The Morgan fingerprint density at radius 2 is 1.61 bits per heavy atom. The summed E-state index contributed by atoms with van der Waals surface area (Å²) >= 11 is 6.20. The van der Waals surface area contributed by atoms with Gasteiger partial charge in [-0.25, -0.2) is 4.39 Å². The molecule has 4 aromatic rings. The summed E-state index contributed by atoms with van der Waals surface area (Å²) in [6, 6.07) is 25.0. The van der Waals surface area contributed by atoms with Crippen molar-refractivity contribution in [2.75, 3.05) is 6.61 Å². The Morgan fingerprint density at radius 3 is 2.32 bits per heavy atom. The molecule has 0 radical (unpaired) electrons. The van der Waals surface area contributed by atoms with Crippen LogP contribution in [0.3, 0.4) is 0 Å². The highest BCUT2D eigenvalue weighted by atomic mass is 35.5. The number of ether oxygens (including phenoxy) is 1. The van der Waals surface area contributed by atoms with Crippen LogP contribution in [0.2, 0.25) is 5.02 Å². The van der Waals surface area contributed by atoms with Gasteiger partial charge >= 0.3 is 0 Å². The van der Waals surface area contributed by atoms with Crippen molar-refractivity contribution in [1.29, 1.82) is 0 Å². The lowest BCUT2D eigenvalue weighted by Crippen LogP contribution is -2.51. The van der Waals surface area contributed by atoms with E-state index in [-0.39, 0.29) is 37.8 Å². The Morgan fingerprint density at radius 1 is 0.895 bits per heavy atom. The minimum absolute atomic E-state index is 0.0861. The molecular weight excluding hydrogens is 505 g/mol. The van der Waals surface area contributed by atoms with E-state index in [2.05, 4.69) is 10.3 Å². The van der Waals surface area contributed by atoms with Gasteiger partial charge in [-0.1, -0.05) is 72.3 Å². The second-order valence-electron chi connectivity index (χ2n) is 8.65. The number of halogens is 2. The number of carbonyl (C=O) groups excluding carboxylic acids is 2. The van der Waals surface area contributed by atoms with E-state index < -0.39 is 11.9 Å². The van der Waals surface area contributed by atoms with Gasteiger partial charge in [0.2, 0.25) is 5.91 Å². The van der Waals surface area contributed by atoms with E-state index in [1.807, 2.05) is 36.4 Å². The average molecular weight is 532 g/mol. The van der Waals surface area contributed by atoms with Crippen LogP contribution in [0.15, 0.2) is 103 Å². The van der Waals surface area contributed by atoms with Crippen LogP contribution in [0.25, 0.3) is 0 Å². The first kappa shape index (κ1) is 26.8. The van der Waals surface area contributed by atoms with Crippen molar-refractivity contribution in [3.05, 3.63) is 131 Å². The number of benzene rings is 3. The van der Waals surface area contributed by atoms with Gasteiger partial charge in [0.1, 0.15) is 17.6 Å². The zero-order valence-electron chi connectivity index (χ0n) is 20.6. The molecule has 38 heavy (non-hydrogen) atoms. The first-order valence-corrected chi connectivity index (χ1v) is 12.5. The van der Waals surface area contributed by atoms with Crippen molar-refractivity contribution in [3.8, 4) is 5.75 Å². The molecule has 8 heteroatoms. The third-order valence-electron chi connectivity index (χ3n) is 5.91. The maximum absolute atomic E-state index is 13.6. The zero-order chi connectivity index (χ0) is 26.7. The van der Waals surface area contributed by atoms with E-state index >= 15 is 0 Å². The number of para-hydroxylation sites is 1. The molecule has 4 rings (SSSR count). The number of carbonyl (C=O) groups is 2. The van der Waals surface area contributed by atoms with Crippen molar-refractivity contribution in [2.45, 2.75) is 25.6 Å². The van der Waals surface area contributed by atoms with E-state index in [9.17, 15) is 14.0 Å². The Balaban J connectivity index is 1.61. The van der Waals surface area contributed by atoms with E-state index in [1.54, 1.807) is 54.9 Å². The lowest BCUT2D eigenvalue weighted by atomic mass is 10.0. The summed E-state index contributed by atoms with van der Waals surface area (Å²) in [6.07, 6.45) is 3.61. The maximum Gasteiger partial charge on any atom is 0.261 e. The number of nitrogens with zero attached hydrogens (tertiary/aromatic N) is 2. The average Bonchev–Trinajstić information content (AvgIpc) is 2.95. The van der Waals surface area contributed by atoms with Crippen LogP contribution in [-0.4, -0.2) is 34.3 Å². The summed E-state index contributed by atoms with van der Waals surface area (Å²) in [5, 5.41) is 3.31. The topological polar surface area (TPSA) is 71.5 Å². The molecule has 1 aromatic heterocycles. The summed E-state index contributed by atoms with van der Waals surface area (Å²) < 4.78 is 19.3. The smallest absolute Gasteiger partial charge is 0.261 e. The van der Waals surface area contributed by atoms with Crippen LogP contribution in [0.5, 0.6) is 5.75 Å². The Labute approximate surface area is 226 Å². The zero-order valence-corrected chi connectivity index (χ0v) is 21.4. The molecule has 0 spiro atoms. The van der Waals surface area contributed by atoms with Crippen molar-refractivity contribution < 1.29 is 18.7 Å². The van der Waals surface area contributed by atoms with Gasteiger partial charge in [-0.15, -0.1) is 0 Å². The van der Waals surface area contributed by atoms with Crippen LogP contribution >= 0.6 is 11.6 Å². The molecule has 0 bridgehead atoms. The van der Waals surface area contributed by atoms with Gasteiger partial charge in [0, 0.05) is 31.9 Å². The number of rotatable bonds is 11. The molecule has 0 aliphatic rings. The summed E-state index contributed by atoms with van der Waals surface area (Å²) in [5.41, 5.74) is 2.39.